The number of hydrogen-bond acceptors (Lipinski definition) is 7. The molecule has 1 aromatic carbocycles. The van der Waals surface area contributed by atoms with Crippen LogP contribution in [0.4, 0.5) is 17.2 Å². The van der Waals surface area contributed by atoms with Gasteiger partial charge in [-0.25, -0.2) is 4.98 Å². The monoisotopic (exact) mass is 497 g/mol. The maximum atomic E-state index is 13.1. The van der Waals surface area contributed by atoms with Crippen molar-refractivity contribution >= 4 is 39.9 Å². The maximum Gasteiger partial charge on any atom is 0.276 e. The highest BCUT2D eigenvalue weighted by atomic mass is 16.3. The van der Waals surface area contributed by atoms with Gasteiger partial charge in [0.2, 0.25) is 5.91 Å². The van der Waals surface area contributed by atoms with Gasteiger partial charge < -0.3 is 20.6 Å². The lowest BCUT2D eigenvalue weighted by Gasteiger charge is -2.30. The third kappa shape index (κ3) is 5.01. The van der Waals surface area contributed by atoms with Crippen molar-refractivity contribution in [2.45, 2.75) is 31.8 Å². The Bertz CT molecular complexity index is 1450. The van der Waals surface area contributed by atoms with Crippen molar-refractivity contribution in [1.82, 2.24) is 20.2 Å². The van der Waals surface area contributed by atoms with E-state index in [0.29, 0.717) is 16.8 Å². The third-order valence-corrected chi connectivity index (χ3v) is 6.86. The number of nitrogens with zero attached hydrogens (tertiary/aromatic N) is 4. The number of amides is 2. The Balaban J connectivity index is 1.19. The second-order valence-electron chi connectivity index (χ2n) is 9.64. The first-order chi connectivity index (χ1) is 18.0. The quantitative estimate of drug-likeness (QED) is 0.320. The molecule has 1 saturated carbocycles. The normalized spacial score (nSPS) is 16.1. The summed E-state index contributed by atoms with van der Waals surface area (Å²) in [7, 11) is 0. The summed E-state index contributed by atoms with van der Waals surface area (Å²) in [4.78, 5) is 36.1. The minimum Gasteiger partial charge on any atom is -0.393 e. The largest absolute Gasteiger partial charge is 0.393 e. The Morgan fingerprint density at radius 2 is 1.76 bits per heavy atom. The number of anilines is 3. The van der Waals surface area contributed by atoms with Crippen LogP contribution in [-0.4, -0.2) is 56.3 Å². The molecule has 0 spiro atoms. The molecule has 1 saturated heterocycles. The van der Waals surface area contributed by atoms with Gasteiger partial charge in [0, 0.05) is 36.2 Å². The smallest absolute Gasteiger partial charge is 0.276 e. The van der Waals surface area contributed by atoms with Crippen LogP contribution in [-0.2, 0) is 4.79 Å². The number of aliphatic hydroxyl groups excluding tert-OH is 1. The summed E-state index contributed by atoms with van der Waals surface area (Å²) in [6, 6.07) is 11.3. The van der Waals surface area contributed by atoms with Crippen LogP contribution >= 0.6 is 0 Å². The molecule has 4 N–H and O–H groups in total. The first-order valence-corrected chi connectivity index (χ1v) is 12.5. The number of benzene rings is 1. The van der Waals surface area contributed by atoms with E-state index in [0.717, 1.165) is 61.2 Å². The van der Waals surface area contributed by atoms with E-state index in [2.05, 4.69) is 35.7 Å². The van der Waals surface area contributed by atoms with Crippen LogP contribution in [0, 0.1) is 5.92 Å². The fraction of sp³-hybridized carbons (Fsp3) is 0.296. The van der Waals surface area contributed by atoms with E-state index in [9.17, 15) is 14.7 Å². The van der Waals surface area contributed by atoms with E-state index in [4.69, 9.17) is 0 Å². The van der Waals surface area contributed by atoms with Gasteiger partial charge in [-0.05, 0) is 61.6 Å². The summed E-state index contributed by atoms with van der Waals surface area (Å²) < 4.78 is 0. The summed E-state index contributed by atoms with van der Waals surface area (Å²) in [5.41, 5.74) is 3.92. The third-order valence-electron chi connectivity index (χ3n) is 6.86. The van der Waals surface area contributed by atoms with Crippen LogP contribution in [0.3, 0.4) is 0 Å². The lowest BCUT2D eigenvalue weighted by molar-refractivity contribution is -0.117. The predicted octanol–water partition coefficient (Wildman–Crippen LogP) is 3.58. The lowest BCUT2D eigenvalue weighted by Crippen LogP contribution is -2.36. The zero-order valence-corrected chi connectivity index (χ0v) is 20.1. The zero-order chi connectivity index (χ0) is 25.4. The number of carbonyl (C=O) groups excluding carboxylic acids is 2. The van der Waals surface area contributed by atoms with Crippen molar-refractivity contribution in [3.63, 3.8) is 0 Å². The highest BCUT2D eigenvalue weighted by Gasteiger charge is 2.29. The highest BCUT2D eigenvalue weighted by Crippen LogP contribution is 2.31. The van der Waals surface area contributed by atoms with Crippen molar-refractivity contribution in [1.29, 1.82) is 0 Å². The van der Waals surface area contributed by atoms with Crippen molar-refractivity contribution in [2.75, 3.05) is 28.6 Å². The molecule has 6 rings (SSSR count). The van der Waals surface area contributed by atoms with Gasteiger partial charge in [0.25, 0.3) is 5.91 Å². The summed E-state index contributed by atoms with van der Waals surface area (Å²) in [5, 5.41) is 23.4. The number of aromatic nitrogens is 4. The minimum atomic E-state index is -0.345. The average molecular weight is 498 g/mol. The molecule has 1 aliphatic heterocycles. The molecule has 2 amide bonds. The number of nitrogens with one attached hydrogen (secondary N) is 3. The number of H-pyrrole nitrogens is 1. The molecule has 10 nitrogen and oxygen atoms in total. The second kappa shape index (κ2) is 9.62. The first kappa shape index (κ1) is 23.1. The number of fused-ring (bicyclic) bond motifs is 1. The zero-order valence-electron chi connectivity index (χ0n) is 20.1. The van der Waals surface area contributed by atoms with Crippen molar-refractivity contribution in [2.24, 2.45) is 5.92 Å². The number of pyridine rings is 2. The van der Waals surface area contributed by atoms with E-state index in [1.165, 1.54) is 0 Å². The molecular formula is C27H27N7O3. The number of carbonyl (C=O) groups is 2. The fourth-order valence-corrected chi connectivity index (χ4v) is 4.55. The minimum absolute atomic E-state index is 0.0282. The fourth-order valence-electron chi connectivity index (χ4n) is 4.55. The Morgan fingerprint density at radius 1 is 0.919 bits per heavy atom. The van der Waals surface area contributed by atoms with E-state index in [-0.39, 0.29) is 29.5 Å². The van der Waals surface area contributed by atoms with Crippen LogP contribution in [0.25, 0.3) is 22.0 Å². The molecular weight excluding hydrogens is 470 g/mol. The summed E-state index contributed by atoms with van der Waals surface area (Å²) >= 11 is 0. The molecule has 0 atom stereocenters. The lowest BCUT2D eigenvalue weighted by atomic mass is 10.0. The van der Waals surface area contributed by atoms with E-state index >= 15 is 0 Å². The van der Waals surface area contributed by atoms with Crippen LogP contribution in [0.2, 0.25) is 0 Å². The van der Waals surface area contributed by atoms with E-state index in [1.807, 2.05) is 36.4 Å². The van der Waals surface area contributed by atoms with Crippen molar-refractivity contribution in [3.8, 4) is 11.1 Å². The molecule has 0 radical (unpaired) electrons. The van der Waals surface area contributed by atoms with Gasteiger partial charge in [-0.3, -0.25) is 19.7 Å². The Labute approximate surface area is 213 Å². The summed E-state index contributed by atoms with van der Waals surface area (Å²) in [6.45, 7) is 1.51. The van der Waals surface area contributed by atoms with Crippen LogP contribution in [0.1, 0.15) is 36.2 Å². The van der Waals surface area contributed by atoms with Gasteiger partial charge in [-0.2, -0.15) is 5.10 Å². The summed E-state index contributed by atoms with van der Waals surface area (Å²) in [6.07, 6.45) is 8.07. The standard InChI is InChI=1S/C27H27N7O3/c35-21-7-9-34(10-8-21)24-6-4-19(15-29-24)30-27(37)25-22-12-17(3-5-23(22)32-33-25)18-11-20(14-28-13-18)31-26(36)16-1-2-16/h3-6,11-16,21,35H,1-2,7-10H2,(H,30,37)(H,31,36)(H,32,33). The highest BCUT2D eigenvalue weighted by molar-refractivity contribution is 6.11. The van der Waals surface area contributed by atoms with Crippen molar-refractivity contribution < 1.29 is 14.7 Å². The molecule has 188 valence electrons. The molecule has 0 unspecified atom stereocenters. The number of rotatable bonds is 6. The molecule has 2 fully saturated rings. The van der Waals surface area contributed by atoms with Gasteiger partial charge in [-0.1, -0.05) is 6.07 Å². The molecule has 37 heavy (non-hydrogen) atoms. The van der Waals surface area contributed by atoms with Crippen LogP contribution < -0.4 is 15.5 Å². The Morgan fingerprint density at radius 3 is 2.51 bits per heavy atom. The molecule has 2 aliphatic rings. The number of piperidine rings is 1. The van der Waals surface area contributed by atoms with Gasteiger partial charge in [0.1, 0.15) is 5.82 Å². The number of hydrogen-bond donors (Lipinski definition) is 4. The first-order valence-electron chi connectivity index (χ1n) is 12.5. The molecule has 10 heteroatoms. The van der Waals surface area contributed by atoms with E-state index < -0.39 is 0 Å². The molecule has 4 heterocycles. The van der Waals surface area contributed by atoms with Gasteiger partial charge in [0.15, 0.2) is 5.69 Å². The molecule has 1 aliphatic carbocycles. The SMILES string of the molecule is O=C(Nc1ccc(N2CCC(O)CC2)nc1)c1n[nH]c2ccc(-c3cncc(NC(=O)C4CC4)c3)cc12. The Hall–Kier alpha value is -4.31. The van der Waals surface area contributed by atoms with Crippen LogP contribution in [0.5, 0.6) is 0 Å². The molecule has 4 aromatic rings. The topological polar surface area (TPSA) is 136 Å². The average Bonchev–Trinajstić information content (AvgIpc) is 3.69. The number of aliphatic hydroxyl groups is 1. The molecule has 0 bridgehead atoms. The van der Waals surface area contributed by atoms with Crippen LogP contribution in [0.15, 0.2) is 55.0 Å². The van der Waals surface area contributed by atoms with Gasteiger partial charge in [0.05, 0.1) is 35.4 Å². The maximum absolute atomic E-state index is 13.1. The number of aromatic amines is 1. The second-order valence-corrected chi connectivity index (χ2v) is 9.64. The van der Waals surface area contributed by atoms with Gasteiger partial charge >= 0.3 is 0 Å². The van der Waals surface area contributed by atoms with E-state index in [1.54, 1.807) is 18.6 Å². The predicted molar refractivity (Wildman–Crippen MR) is 140 cm³/mol. The Kier molecular flexibility index (Phi) is 6.01. The summed E-state index contributed by atoms with van der Waals surface area (Å²) in [5.74, 6) is 0.615. The molecule has 3 aromatic heterocycles. The van der Waals surface area contributed by atoms with Gasteiger partial charge in [-0.15, -0.1) is 0 Å². The van der Waals surface area contributed by atoms with Crippen molar-refractivity contribution in [3.05, 3.63) is 60.7 Å².